The molecule has 1 saturated heterocycles. The van der Waals surface area contributed by atoms with Crippen LogP contribution in [0, 0.1) is 23.5 Å². The minimum Gasteiger partial charge on any atom is -0.478 e. The number of likely N-dealkylation sites (tertiary alicyclic amines) is 1. The zero-order valence-corrected chi connectivity index (χ0v) is 16.0. The van der Waals surface area contributed by atoms with E-state index < -0.39 is 17.6 Å². The molecule has 1 aliphatic carbocycles. The molecule has 1 saturated carbocycles. The smallest absolute Gasteiger partial charge is 0.335 e. The van der Waals surface area contributed by atoms with Crippen LogP contribution >= 0.6 is 0 Å². The number of carbonyl (C=O) groups is 2. The van der Waals surface area contributed by atoms with Gasteiger partial charge in [-0.05, 0) is 55.4 Å². The Kier molecular flexibility index (Phi) is 5.35. The molecule has 2 atom stereocenters. The van der Waals surface area contributed by atoms with Crippen LogP contribution in [0.15, 0.2) is 42.5 Å². The molecule has 2 unspecified atom stereocenters. The SMILES string of the molecule is O=C(O)c1ccccc1CC1CCN(C(=O)C2CC2c2c(F)cccc2F)CC1. The van der Waals surface area contributed by atoms with E-state index in [0.29, 0.717) is 37.4 Å². The minimum atomic E-state index is -0.923. The Hall–Kier alpha value is -2.76. The number of piperidine rings is 1. The Morgan fingerprint density at radius 3 is 2.31 bits per heavy atom. The Labute approximate surface area is 168 Å². The van der Waals surface area contributed by atoms with Gasteiger partial charge in [-0.25, -0.2) is 13.6 Å². The van der Waals surface area contributed by atoms with Crippen molar-refractivity contribution < 1.29 is 23.5 Å². The van der Waals surface area contributed by atoms with Crippen molar-refractivity contribution in [1.82, 2.24) is 4.90 Å². The molecule has 2 aromatic carbocycles. The lowest BCUT2D eigenvalue weighted by Gasteiger charge is -2.32. The lowest BCUT2D eigenvalue weighted by Crippen LogP contribution is -2.40. The standard InChI is InChI=1S/C23H23F2NO3/c24-19-6-3-7-20(25)21(19)17-13-18(17)22(27)26-10-8-14(9-11-26)12-15-4-1-2-5-16(15)23(28)29/h1-7,14,17-18H,8-13H2,(H,28,29). The monoisotopic (exact) mass is 399 g/mol. The van der Waals surface area contributed by atoms with E-state index in [9.17, 15) is 23.5 Å². The summed E-state index contributed by atoms with van der Waals surface area (Å²) >= 11 is 0. The molecule has 4 rings (SSSR count). The fourth-order valence-corrected chi connectivity index (χ4v) is 4.46. The van der Waals surface area contributed by atoms with Crippen LogP contribution in [-0.2, 0) is 11.2 Å². The van der Waals surface area contributed by atoms with Gasteiger partial charge in [0.05, 0.1) is 5.56 Å². The van der Waals surface area contributed by atoms with Gasteiger partial charge in [0, 0.05) is 30.5 Å². The second-order valence-corrected chi connectivity index (χ2v) is 8.02. The highest BCUT2D eigenvalue weighted by Crippen LogP contribution is 2.50. The predicted octanol–water partition coefficient (Wildman–Crippen LogP) is 4.25. The summed E-state index contributed by atoms with van der Waals surface area (Å²) < 4.78 is 27.9. The number of halogens is 2. The zero-order chi connectivity index (χ0) is 20.5. The van der Waals surface area contributed by atoms with E-state index in [-0.39, 0.29) is 23.3 Å². The quantitative estimate of drug-likeness (QED) is 0.818. The van der Waals surface area contributed by atoms with E-state index in [0.717, 1.165) is 18.4 Å². The zero-order valence-electron chi connectivity index (χ0n) is 16.0. The normalized spacial score (nSPS) is 21.8. The largest absolute Gasteiger partial charge is 0.478 e. The van der Waals surface area contributed by atoms with Crippen molar-refractivity contribution in [1.29, 1.82) is 0 Å². The fourth-order valence-electron chi connectivity index (χ4n) is 4.46. The van der Waals surface area contributed by atoms with Crippen molar-refractivity contribution in [3.63, 3.8) is 0 Å². The van der Waals surface area contributed by atoms with Gasteiger partial charge in [0.2, 0.25) is 5.91 Å². The summed E-state index contributed by atoms with van der Waals surface area (Å²) in [4.78, 5) is 25.9. The predicted molar refractivity (Wildman–Crippen MR) is 104 cm³/mol. The summed E-state index contributed by atoms with van der Waals surface area (Å²) in [6.07, 6.45) is 2.76. The van der Waals surface area contributed by atoms with E-state index in [1.54, 1.807) is 17.0 Å². The van der Waals surface area contributed by atoms with Gasteiger partial charge in [-0.15, -0.1) is 0 Å². The summed E-state index contributed by atoms with van der Waals surface area (Å²) in [5.41, 5.74) is 1.19. The van der Waals surface area contributed by atoms with Gasteiger partial charge >= 0.3 is 5.97 Å². The average Bonchev–Trinajstić information content (AvgIpc) is 3.48. The van der Waals surface area contributed by atoms with Gasteiger partial charge in [0.1, 0.15) is 11.6 Å². The number of aromatic carboxylic acids is 1. The van der Waals surface area contributed by atoms with Crippen LogP contribution in [0.2, 0.25) is 0 Å². The molecule has 4 nitrogen and oxygen atoms in total. The second kappa shape index (κ2) is 7.93. The van der Waals surface area contributed by atoms with Gasteiger partial charge in [0.15, 0.2) is 0 Å². The van der Waals surface area contributed by atoms with Crippen molar-refractivity contribution in [2.24, 2.45) is 11.8 Å². The van der Waals surface area contributed by atoms with E-state index in [1.807, 2.05) is 12.1 Å². The highest BCUT2D eigenvalue weighted by Gasteiger charge is 2.48. The first-order chi connectivity index (χ1) is 14.0. The molecular formula is C23H23F2NO3. The molecule has 152 valence electrons. The maximum atomic E-state index is 14.0. The Morgan fingerprint density at radius 1 is 1.00 bits per heavy atom. The molecule has 1 heterocycles. The maximum absolute atomic E-state index is 14.0. The van der Waals surface area contributed by atoms with Crippen molar-refractivity contribution in [2.45, 2.75) is 31.6 Å². The first-order valence-electron chi connectivity index (χ1n) is 9.99. The molecule has 2 fully saturated rings. The molecule has 0 aromatic heterocycles. The summed E-state index contributed by atoms with van der Waals surface area (Å²) in [5.74, 6) is -2.51. The summed E-state index contributed by atoms with van der Waals surface area (Å²) in [7, 11) is 0. The third-order valence-corrected chi connectivity index (χ3v) is 6.16. The van der Waals surface area contributed by atoms with Gasteiger partial charge in [-0.3, -0.25) is 4.79 Å². The number of rotatable bonds is 5. The lowest BCUT2D eigenvalue weighted by molar-refractivity contribution is -0.134. The van der Waals surface area contributed by atoms with E-state index in [4.69, 9.17) is 0 Å². The van der Waals surface area contributed by atoms with Crippen LogP contribution < -0.4 is 0 Å². The molecule has 0 spiro atoms. The molecule has 0 bridgehead atoms. The van der Waals surface area contributed by atoms with Crippen LogP contribution in [0.5, 0.6) is 0 Å². The van der Waals surface area contributed by atoms with Crippen LogP contribution in [-0.4, -0.2) is 35.0 Å². The molecule has 2 aliphatic rings. The molecule has 29 heavy (non-hydrogen) atoms. The van der Waals surface area contributed by atoms with Gasteiger partial charge < -0.3 is 10.0 Å². The molecule has 1 amide bonds. The van der Waals surface area contributed by atoms with Crippen molar-refractivity contribution in [2.75, 3.05) is 13.1 Å². The molecular weight excluding hydrogens is 376 g/mol. The molecule has 1 aliphatic heterocycles. The highest BCUT2D eigenvalue weighted by molar-refractivity contribution is 5.89. The molecule has 2 aromatic rings. The van der Waals surface area contributed by atoms with Crippen molar-refractivity contribution in [3.8, 4) is 0 Å². The number of amides is 1. The number of hydrogen-bond acceptors (Lipinski definition) is 2. The average molecular weight is 399 g/mol. The number of carboxylic acid groups (broad SMARTS) is 1. The first-order valence-corrected chi connectivity index (χ1v) is 9.99. The van der Waals surface area contributed by atoms with Crippen molar-refractivity contribution in [3.05, 3.63) is 70.8 Å². The number of nitrogens with zero attached hydrogens (tertiary/aromatic N) is 1. The fraction of sp³-hybridized carbons (Fsp3) is 0.391. The summed E-state index contributed by atoms with van der Waals surface area (Å²) in [6.45, 7) is 1.20. The minimum absolute atomic E-state index is 0.0259. The molecule has 6 heteroatoms. The Morgan fingerprint density at radius 2 is 1.66 bits per heavy atom. The molecule has 1 N–H and O–H groups in total. The Bertz CT molecular complexity index is 917. The lowest BCUT2D eigenvalue weighted by atomic mass is 9.88. The van der Waals surface area contributed by atoms with Gasteiger partial charge in [-0.2, -0.15) is 0 Å². The van der Waals surface area contributed by atoms with E-state index in [1.165, 1.54) is 18.2 Å². The van der Waals surface area contributed by atoms with Crippen LogP contribution in [0.25, 0.3) is 0 Å². The van der Waals surface area contributed by atoms with Crippen LogP contribution in [0.3, 0.4) is 0 Å². The number of carboxylic acids is 1. The van der Waals surface area contributed by atoms with E-state index >= 15 is 0 Å². The topological polar surface area (TPSA) is 57.6 Å². The van der Waals surface area contributed by atoms with Crippen LogP contribution in [0.1, 0.15) is 46.7 Å². The number of benzene rings is 2. The Balaban J connectivity index is 1.34. The third-order valence-electron chi connectivity index (χ3n) is 6.16. The third kappa shape index (κ3) is 4.02. The second-order valence-electron chi connectivity index (χ2n) is 8.02. The highest BCUT2D eigenvalue weighted by atomic mass is 19.1. The maximum Gasteiger partial charge on any atom is 0.335 e. The van der Waals surface area contributed by atoms with Gasteiger partial charge in [-0.1, -0.05) is 24.3 Å². The van der Waals surface area contributed by atoms with Gasteiger partial charge in [0.25, 0.3) is 0 Å². The number of carbonyl (C=O) groups excluding carboxylic acids is 1. The van der Waals surface area contributed by atoms with E-state index in [2.05, 4.69) is 0 Å². The summed E-state index contributed by atoms with van der Waals surface area (Å²) in [5, 5.41) is 9.33. The summed E-state index contributed by atoms with van der Waals surface area (Å²) in [6, 6.07) is 10.8. The first kappa shape index (κ1) is 19.6. The number of hydrogen-bond donors (Lipinski definition) is 1. The van der Waals surface area contributed by atoms with Crippen LogP contribution in [0.4, 0.5) is 8.78 Å². The van der Waals surface area contributed by atoms with Crippen molar-refractivity contribution >= 4 is 11.9 Å². The molecule has 0 radical (unpaired) electrons.